The maximum Gasteiger partial charge on any atom is 0.245 e. The van der Waals surface area contributed by atoms with E-state index in [1.165, 1.54) is 13.3 Å². The molecule has 0 saturated heterocycles. The molecule has 0 aromatic heterocycles. The fraction of sp³-hybridized carbons (Fsp3) is 0.846. The van der Waals surface area contributed by atoms with E-state index >= 15 is 0 Å². The van der Waals surface area contributed by atoms with Gasteiger partial charge in [0, 0.05) is 19.5 Å². The average Bonchev–Trinajstić information content (AvgIpc) is 2.35. The van der Waals surface area contributed by atoms with Gasteiger partial charge in [0.05, 0.1) is 6.61 Å². The van der Waals surface area contributed by atoms with Crippen LogP contribution in [0.25, 0.3) is 0 Å². The summed E-state index contributed by atoms with van der Waals surface area (Å²) in [4.78, 5) is 25.0. The van der Waals surface area contributed by atoms with E-state index in [9.17, 15) is 9.59 Å². The van der Waals surface area contributed by atoms with Crippen LogP contribution in [0.3, 0.4) is 0 Å². The molecule has 0 radical (unpaired) electrons. The molecule has 1 aliphatic carbocycles. The summed E-state index contributed by atoms with van der Waals surface area (Å²) in [6.07, 6.45) is 5.48. The molecule has 0 heterocycles. The first kappa shape index (κ1) is 15.0. The summed E-state index contributed by atoms with van der Waals surface area (Å²) in [5.41, 5.74) is 0. The standard InChI is InChI=1S/C13H24N2O3/c1-10(14-11(2)17)13(18)15(8-9-16)12-6-4-3-5-7-12/h10,12,16H,3-9H2,1-2H3,(H,14,17). The predicted molar refractivity (Wildman–Crippen MR) is 69.0 cm³/mol. The molecule has 1 aliphatic rings. The van der Waals surface area contributed by atoms with Crippen LogP contribution in [0.1, 0.15) is 46.0 Å². The Morgan fingerprint density at radius 2 is 1.94 bits per heavy atom. The molecule has 0 aromatic rings. The van der Waals surface area contributed by atoms with E-state index in [1.807, 2.05) is 0 Å². The number of nitrogens with zero attached hydrogens (tertiary/aromatic N) is 1. The van der Waals surface area contributed by atoms with Gasteiger partial charge in [-0.3, -0.25) is 9.59 Å². The first-order chi connectivity index (χ1) is 8.56. The second-order valence-corrected chi connectivity index (χ2v) is 4.97. The summed E-state index contributed by atoms with van der Waals surface area (Å²) in [5, 5.41) is 11.7. The lowest BCUT2D eigenvalue weighted by molar-refractivity contribution is -0.138. The smallest absolute Gasteiger partial charge is 0.245 e. The summed E-state index contributed by atoms with van der Waals surface area (Å²) in [5.74, 6) is -0.297. The Morgan fingerprint density at radius 3 is 2.44 bits per heavy atom. The van der Waals surface area contributed by atoms with Crippen molar-refractivity contribution in [2.24, 2.45) is 0 Å². The summed E-state index contributed by atoms with van der Waals surface area (Å²) in [7, 11) is 0. The third kappa shape index (κ3) is 4.29. The van der Waals surface area contributed by atoms with Gasteiger partial charge in [-0.1, -0.05) is 19.3 Å². The Kier molecular flexibility index (Phi) is 6.12. The van der Waals surface area contributed by atoms with Gasteiger partial charge in [0.1, 0.15) is 6.04 Å². The van der Waals surface area contributed by atoms with Gasteiger partial charge in [-0.05, 0) is 19.8 Å². The van der Waals surface area contributed by atoms with E-state index in [0.29, 0.717) is 6.54 Å². The zero-order valence-electron chi connectivity index (χ0n) is 11.3. The topological polar surface area (TPSA) is 69.6 Å². The maximum absolute atomic E-state index is 12.3. The van der Waals surface area contributed by atoms with Gasteiger partial charge in [-0.25, -0.2) is 0 Å². The number of nitrogens with one attached hydrogen (secondary N) is 1. The molecule has 18 heavy (non-hydrogen) atoms. The van der Waals surface area contributed by atoms with Gasteiger partial charge in [-0.2, -0.15) is 0 Å². The highest BCUT2D eigenvalue weighted by molar-refractivity contribution is 5.86. The van der Waals surface area contributed by atoms with Gasteiger partial charge < -0.3 is 15.3 Å². The highest BCUT2D eigenvalue weighted by atomic mass is 16.3. The Hall–Kier alpha value is -1.10. The quantitative estimate of drug-likeness (QED) is 0.759. The largest absolute Gasteiger partial charge is 0.395 e. The summed E-state index contributed by atoms with van der Waals surface area (Å²) in [6, 6.07) is -0.300. The Labute approximate surface area is 109 Å². The number of rotatable bonds is 5. The van der Waals surface area contributed by atoms with Gasteiger partial charge >= 0.3 is 0 Å². The van der Waals surface area contributed by atoms with Crippen molar-refractivity contribution in [3.63, 3.8) is 0 Å². The first-order valence-corrected chi connectivity index (χ1v) is 6.74. The van der Waals surface area contributed by atoms with E-state index in [4.69, 9.17) is 5.11 Å². The SMILES string of the molecule is CC(=O)NC(C)C(=O)N(CCO)C1CCCCC1. The highest BCUT2D eigenvalue weighted by Gasteiger charge is 2.28. The van der Waals surface area contributed by atoms with E-state index in [2.05, 4.69) is 5.32 Å². The molecule has 5 heteroatoms. The van der Waals surface area contributed by atoms with Crippen molar-refractivity contribution < 1.29 is 14.7 Å². The number of aliphatic hydroxyl groups is 1. The van der Waals surface area contributed by atoms with E-state index in [1.54, 1.807) is 11.8 Å². The van der Waals surface area contributed by atoms with Crippen LogP contribution < -0.4 is 5.32 Å². The molecule has 0 spiro atoms. The lowest BCUT2D eigenvalue weighted by Crippen LogP contribution is -2.51. The Bertz CT molecular complexity index is 288. The molecule has 104 valence electrons. The Balaban J connectivity index is 2.64. The van der Waals surface area contributed by atoms with E-state index in [-0.39, 0.29) is 24.5 Å². The lowest BCUT2D eigenvalue weighted by atomic mass is 9.93. The fourth-order valence-electron chi connectivity index (χ4n) is 2.59. The average molecular weight is 256 g/mol. The molecule has 5 nitrogen and oxygen atoms in total. The second-order valence-electron chi connectivity index (χ2n) is 4.97. The maximum atomic E-state index is 12.3. The van der Waals surface area contributed by atoms with Crippen LogP contribution in [0, 0.1) is 0 Å². The molecule has 1 saturated carbocycles. The molecule has 2 amide bonds. The molecule has 0 aliphatic heterocycles. The number of hydrogen-bond donors (Lipinski definition) is 2. The molecule has 2 N–H and O–H groups in total. The number of aliphatic hydroxyl groups excluding tert-OH is 1. The van der Waals surface area contributed by atoms with E-state index < -0.39 is 6.04 Å². The van der Waals surface area contributed by atoms with Crippen molar-refractivity contribution >= 4 is 11.8 Å². The molecule has 1 atom stereocenters. The van der Waals surface area contributed by atoms with Crippen LogP contribution in [0.2, 0.25) is 0 Å². The molecule has 1 rings (SSSR count). The van der Waals surface area contributed by atoms with Gasteiger partial charge in [0.2, 0.25) is 11.8 Å². The fourth-order valence-corrected chi connectivity index (χ4v) is 2.59. The predicted octanol–water partition coefficient (Wildman–Crippen LogP) is 0.665. The summed E-state index contributed by atoms with van der Waals surface area (Å²) < 4.78 is 0. The zero-order chi connectivity index (χ0) is 13.5. The second kappa shape index (κ2) is 7.36. The highest BCUT2D eigenvalue weighted by Crippen LogP contribution is 2.22. The van der Waals surface area contributed by atoms with Gasteiger partial charge in [0.25, 0.3) is 0 Å². The van der Waals surface area contributed by atoms with Crippen LogP contribution >= 0.6 is 0 Å². The zero-order valence-corrected chi connectivity index (χ0v) is 11.3. The minimum absolute atomic E-state index is 0.0327. The molecular weight excluding hydrogens is 232 g/mol. The monoisotopic (exact) mass is 256 g/mol. The number of carbonyl (C=O) groups excluding carboxylic acids is 2. The summed E-state index contributed by atoms with van der Waals surface area (Å²) in [6.45, 7) is 3.42. The molecule has 1 fully saturated rings. The third-order valence-electron chi connectivity index (χ3n) is 3.43. The Morgan fingerprint density at radius 1 is 1.33 bits per heavy atom. The van der Waals surface area contributed by atoms with Gasteiger partial charge in [-0.15, -0.1) is 0 Å². The van der Waals surface area contributed by atoms with Crippen LogP contribution in [-0.2, 0) is 9.59 Å². The normalized spacial score (nSPS) is 18.2. The van der Waals surface area contributed by atoms with Gasteiger partial charge in [0.15, 0.2) is 0 Å². The first-order valence-electron chi connectivity index (χ1n) is 6.74. The van der Waals surface area contributed by atoms with Crippen molar-refractivity contribution in [3.05, 3.63) is 0 Å². The third-order valence-corrected chi connectivity index (χ3v) is 3.43. The molecule has 0 bridgehead atoms. The molecule has 0 aromatic carbocycles. The van der Waals surface area contributed by atoms with Crippen molar-refractivity contribution in [1.29, 1.82) is 0 Å². The lowest BCUT2D eigenvalue weighted by Gasteiger charge is -2.35. The molecule has 1 unspecified atom stereocenters. The minimum atomic E-state index is -0.518. The van der Waals surface area contributed by atoms with Crippen LogP contribution in [0.15, 0.2) is 0 Å². The van der Waals surface area contributed by atoms with E-state index in [0.717, 1.165) is 25.7 Å². The summed E-state index contributed by atoms with van der Waals surface area (Å²) >= 11 is 0. The van der Waals surface area contributed by atoms with Crippen molar-refractivity contribution in [1.82, 2.24) is 10.2 Å². The van der Waals surface area contributed by atoms with Crippen molar-refractivity contribution in [2.45, 2.75) is 58.0 Å². The minimum Gasteiger partial charge on any atom is -0.395 e. The number of hydrogen-bond acceptors (Lipinski definition) is 3. The van der Waals surface area contributed by atoms with Crippen LogP contribution in [-0.4, -0.2) is 47.1 Å². The van der Waals surface area contributed by atoms with Crippen molar-refractivity contribution in [3.8, 4) is 0 Å². The number of carbonyl (C=O) groups is 2. The van der Waals surface area contributed by atoms with Crippen molar-refractivity contribution in [2.75, 3.05) is 13.2 Å². The number of amides is 2. The molecular formula is C13H24N2O3. The van der Waals surface area contributed by atoms with Crippen LogP contribution in [0.5, 0.6) is 0 Å². The van der Waals surface area contributed by atoms with Crippen LogP contribution in [0.4, 0.5) is 0 Å².